The SMILES string of the molecule is COc1cc2nccc(Oc3ccc(Nc4c(NCCN)c(=O)c4=O)c(Cl)c3)c2cc1C(N)=O. The van der Waals surface area contributed by atoms with E-state index in [-0.39, 0.29) is 22.0 Å². The molecule has 11 heteroatoms. The molecule has 0 radical (unpaired) electrons. The maximum atomic E-state index is 11.9. The van der Waals surface area contributed by atoms with E-state index in [0.717, 1.165) is 0 Å². The second kappa shape index (κ2) is 9.38. The number of rotatable bonds is 9. The van der Waals surface area contributed by atoms with Gasteiger partial charge in [-0.25, -0.2) is 0 Å². The van der Waals surface area contributed by atoms with Crippen molar-refractivity contribution in [3.05, 3.63) is 73.6 Å². The third kappa shape index (κ3) is 4.24. The van der Waals surface area contributed by atoms with Gasteiger partial charge in [-0.05, 0) is 24.3 Å². The minimum atomic E-state index is -0.648. The number of aromatic nitrogens is 1. The molecule has 0 atom stereocenters. The Balaban J connectivity index is 1.62. The molecule has 0 aliphatic rings. The third-order valence-corrected chi connectivity index (χ3v) is 5.39. The van der Waals surface area contributed by atoms with Crippen LogP contribution in [-0.4, -0.2) is 31.1 Å². The van der Waals surface area contributed by atoms with E-state index in [1.165, 1.54) is 7.11 Å². The van der Waals surface area contributed by atoms with Gasteiger partial charge in [0.1, 0.15) is 28.6 Å². The van der Waals surface area contributed by atoms with E-state index in [2.05, 4.69) is 15.6 Å². The fourth-order valence-corrected chi connectivity index (χ4v) is 3.62. The molecule has 1 heterocycles. The van der Waals surface area contributed by atoms with Crippen molar-refractivity contribution < 1.29 is 14.3 Å². The van der Waals surface area contributed by atoms with Gasteiger partial charge in [0.25, 0.3) is 16.8 Å². The van der Waals surface area contributed by atoms with Gasteiger partial charge >= 0.3 is 0 Å². The Morgan fingerprint density at radius 1 is 1.09 bits per heavy atom. The van der Waals surface area contributed by atoms with Crippen molar-refractivity contribution in [2.75, 3.05) is 30.8 Å². The van der Waals surface area contributed by atoms with Gasteiger partial charge in [0, 0.05) is 36.8 Å². The monoisotopic (exact) mass is 481 g/mol. The molecule has 174 valence electrons. The van der Waals surface area contributed by atoms with Crippen LogP contribution in [0.2, 0.25) is 5.02 Å². The summed E-state index contributed by atoms with van der Waals surface area (Å²) in [6.45, 7) is 0.658. The molecule has 0 saturated carbocycles. The van der Waals surface area contributed by atoms with Crippen LogP contribution in [0, 0.1) is 0 Å². The number of anilines is 3. The van der Waals surface area contributed by atoms with Crippen LogP contribution in [0.4, 0.5) is 17.1 Å². The summed E-state index contributed by atoms with van der Waals surface area (Å²) in [6, 6.07) is 9.59. The number of nitrogens with zero attached hydrogens (tertiary/aromatic N) is 1. The zero-order chi connectivity index (χ0) is 24.4. The quantitative estimate of drug-likeness (QED) is 0.263. The molecule has 1 aromatic heterocycles. The number of methoxy groups -OCH3 is 1. The Kier molecular flexibility index (Phi) is 6.35. The summed E-state index contributed by atoms with van der Waals surface area (Å²) < 4.78 is 11.2. The first-order valence-corrected chi connectivity index (χ1v) is 10.5. The average molecular weight is 482 g/mol. The van der Waals surface area contributed by atoms with Gasteiger partial charge in [-0.1, -0.05) is 11.6 Å². The molecular weight excluding hydrogens is 462 g/mol. The topological polar surface area (TPSA) is 159 Å². The first-order chi connectivity index (χ1) is 16.3. The van der Waals surface area contributed by atoms with E-state index in [1.807, 2.05) is 0 Å². The predicted molar refractivity (Wildman–Crippen MR) is 131 cm³/mol. The number of primary amides is 1. The molecule has 6 N–H and O–H groups in total. The van der Waals surface area contributed by atoms with E-state index in [0.29, 0.717) is 46.9 Å². The fraction of sp³-hybridized carbons (Fsp3) is 0.130. The molecule has 4 aromatic rings. The molecule has 4 rings (SSSR count). The van der Waals surface area contributed by atoms with Crippen molar-refractivity contribution >= 4 is 45.5 Å². The number of carbonyl (C=O) groups excluding carboxylic acids is 1. The van der Waals surface area contributed by atoms with Crippen LogP contribution in [0.5, 0.6) is 17.2 Å². The molecule has 0 unspecified atom stereocenters. The van der Waals surface area contributed by atoms with Gasteiger partial charge in [0.2, 0.25) is 0 Å². The van der Waals surface area contributed by atoms with Crippen LogP contribution in [0.25, 0.3) is 10.9 Å². The summed E-state index contributed by atoms with van der Waals surface area (Å²) in [5, 5.41) is 6.52. The lowest BCUT2D eigenvalue weighted by molar-refractivity contribution is 0.0997. The maximum Gasteiger partial charge on any atom is 0.253 e. The van der Waals surface area contributed by atoms with Crippen molar-refractivity contribution in [1.82, 2.24) is 4.98 Å². The lowest BCUT2D eigenvalue weighted by Gasteiger charge is -2.16. The second-order valence-electron chi connectivity index (χ2n) is 7.24. The first-order valence-electron chi connectivity index (χ1n) is 10.1. The average Bonchev–Trinajstić information content (AvgIpc) is 2.83. The van der Waals surface area contributed by atoms with Gasteiger partial charge in [0.15, 0.2) is 0 Å². The van der Waals surface area contributed by atoms with E-state index >= 15 is 0 Å². The third-order valence-electron chi connectivity index (χ3n) is 5.07. The Labute approximate surface area is 198 Å². The van der Waals surface area contributed by atoms with Crippen LogP contribution in [-0.2, 0) is 0 Å². The van der Waals surface area contributed by atoms with E-state index < -0.39 is 16.8 Å². The first kappa shape index (κ1) is 23.0. The lowest BCUT2D eigenvalue weighted by Crippen LogP contribution is -2.37. The number of halogens is 1. The smallest absolute Gasteiger partial charge is 0.253 e. The molecule has 0 fully saturated rings. The van der Waals surface area contributed by atoms with Crippen molar-refractivity contribution in [2.45, 2.75) is 0 Å². The molecule has 0 aliphatic carbocycles. The van der Waals surface area contributed by atoms with Gasteiger partial charge in [-0.15, -0.1) is 0 Å². The Morgan fingerprint density at radius 2 is 1.85 bits per heavy atom. The highest BCUT2D eigenvalue weighted by Gasteiger charge is 2.21. The lowest BCUT2D eigenvalue weighted by atomic mass is 10.1. The summed E-state index contributed by atoms with van der Waals surface area (Å²) in [5.74, 6) is 0.473. The Morgan fingerprint density at radius 3 is 2.53 bits per heavy atom. The second-order valence-corrected chi connectivity index (χ2v) is 7.64. The summed E-state index contributed by atoms with van der Waals surface area (Å²) in [7, 11) is 1.44. The van der Waals surface area contributed by atoms with Gasteiger partial charge in [-0.3, -0.25) is 19.4 Å². The standard InChI is InChI=1S/C23H20ClN5O5/c1-33-18-10-16-12(9-13(18)23(26)32)17(4-6-27-16)34-11-2-3-15(14(24)8-11)29-20-19(28-7-5-25)21(30)22(20)31/h2-4,6,8-10,28-29H,5,7,25H2,1H3,(H2,26,32). The number of ether oxygens (including phenoxy) is 2. The highest BCUT2D eigenvalue weighted by Crippen LogP contribution is 2.36. The minimum absolute atomic E-state index is 0.127. The summed E-state index contributed by atoms with van der Waals surface area (Å²) in [4.78, 5) is 39.8. The van der Waals surface area contributed by atoms with Crippen LogP contribution in [0.1, 0.15) is 10.4 Å². The maximum absolute atomic E-state index is 11.9. The number of hydrogen-bond donors (Lipinski definition) is 4. The molecule has 3 aromatic carbocycles. The summed E-state index contributed by atoms with van der Waals surface area (Å²) >= 11 is 6.39. The van der Waals surface area contributed by atoms with Gasteiger partial charge in [-0.2, -0.15) is 0 Å². The van der Waals surface area contributed by atoms with Gasteiger partial charge < -0.3 is 31.6 Å². The van der Waals surface area contributed by atoms with E-state index in [9.17, 15) is 14.4 Å². The number of benzene rings is 2. The Bertz CT molecular complexity index is 1480. The van der Waals surface area contributed by atoms with E-state index in [1.54, 1.807) is 42.6 Å². The number of amides is 1. The summed E-state index contributed by atoms with van der Waals surface area (Å²) in [6.07, 6.45) is 1.56. The van der Waals surface area contributed by atoms with Crippen LogP contribution >= 0.6 is 11.6 Å². The van der Waals surface area contributed by atoms with Crippen molar-refractivity contribution in [3.8, 4) is 17.2 Å². The zero-order valence-electron chi connectivity index (χ0n) is 18.0. The van der Waals surface area contributed by atoms with Crippen LogP contribution in [0.3, 0.4) is 0 Å². The van der Waals surface area contributed by atoms with Crippen LogP contribution in [0.15, 0.2) is 52.2 Å². The van der Waals surface area contributed by atoms with Crippen molar-refractivity contribution in [1.29, 1.82) is 0 Å². The molecule has 34 heavy (non-hydrogen) atoms. The number of fused-ring (bicyclic) bond motifs is 1. The molecule has 10 nitrogen and oxygen atoms in total. The minimum Gasteiger partial charge on any atom is -0.496 e. The highest BCUT2D eigenvalue weighted by molar-refractivity contribution is 6.33. The molecule has 0 aliphatic heterocycles. The normalized spacial score (nSPS) is 10.9. The summed E-state index contributed by atoms with van der Waals surface area (Å²) in [5.41, 5.74) is 11.1. The molecule has 0 saturated heterocycles. The number of nitrogens with two attached hydrogens (primary N) is 2. The van der Waals surface area contributed by atoms with Crippen LogP contribution < -0.4 is 42.4 Å². The molecule has 1 amide bonds. The van der Waals surface area contributed by atoms with Gasteiger partial charge in [0.05, 0.1) is 28.9 Å². The molecule has 0 spiro atoms. The fourth-order valence-electron chi connectivity index (χ4n) is 3.40. The number of carbonyl (C=O) groups is 1. The number of hydrogen-bond acceptors (Lipinski definition) is 9. The zero-order valence-corrected chi connectivity index (χ0v) is 18.7. The van der Waals surface area contributed by atoms with Crippen molar-refractivity contribution in [2.24, 2.45) is 11.5 Å². The largest absolute Gasteiger partial charge is 0.496 e. The molecule has 0 bridgehead atoms. The molecular formula is C23H20ClN5O5. The van der Waals surface area contributed by atoms with Crippen molar-refractivity contribution in [3.63, 3.8) is 0 Å². The number of pyridine rings is 1. The highest BCUT2D eigenvalue weighted by atomic mass is 35.5. The predicted octanol–water partition coefficient (Wildman–Crippen LogP) is 2.50. The number of nitrogens with one attached hydrogen (secondary N) is 2. The van der Waals surface area contributed by atoms with E-state index in [4.69, 9.17) is 32.5 Å². The Hall–Kier alpha value is -4.15.